The zero-order valence-electron chi connectivity index (χ0n) is 14.0. The van der Waals surface area contributed by atoms with E-state index in [9.17, 15) is 9.18 Å². The molecular weight excluding hydrogens is 319 g/mol. The van der Waals surface area contributed by atoms with E-state index < -0.39 is 6.29 Å². The highest BCUT2D eigenvalue weighted by molar-refractivity contribution is 5.96. The van der Waals surface area contributed by atoms with Crippen LogP contribution < -0.4 is 0 Å². The number of hydrogen-bond donors (Lipinski definition) is 0. The van der Waals surface area contributed by atoms with Crippen molar-refractivity contribution in [1.82, 2.24) is 0 Å². The molecule has 128 valence electrons. The molecule has 0 radical (unpaired) electrons. The summed E-state index contributed by atoms with van der Waals surface area (Å²) in [5, 5.41) is 0. The molecule has 1 saturated heterocycles. The normalized spacial score (nSPS) is 17.3. The minimum Gasteiger partial charge on any atom is -0.348 e. The van der Waals surface area contributed by atoms with Crippen molar-refractivity contribution in [3.05, 3.63) is 70.0 Å². The zero-order valence-corrected chi connectivity index (χ0v) is 14.0. The lowest BCUT2D eigenvalue weighted by molar-refractivity contribution is -0.183. The van der Waals surface area contributed by atoms with Crippen LogP contribution in [0.2, 0.25) is 0 Å². The molecule has 2 aliphatic rings. The maximum absolute atomic E-state index is 14.7. The van der Waals surface area contributed by atoms with E-state index in [4.69, 9.17) is 9.47 Å². The molecule has 0 atom stereocenters. The first-order chi connectivity index (χ1) is 12.1. The Morgan fingerprint density at radius 2 is 1.92 bits per heavy atom. The lowest BCUT2D eigenvalue weighted by Gasteiger charge is -2.23. The van der Waals surface area contributed by atoms with Crippen LogP contribution in [0.5, 0.6) is 0 Å². The van der Waals surface area contributed by atoms with Gasteiger partial charge in [0.05, 0.1) is 13.2 Å². The Kier molecular flexibility index (Phi) is 4.24. The van der Waals surface area contributed by atoms with Gasteiger partial charge in [0.15, 0.2) is 12.1 Å². The van der Waals surface area contributed by atoms with E-state index in [-0.39, 0.29) is 11.6 Å². The van der Waals surface area contributed by atoms with Crippen molar-refractivity contribution in [2.24, 2.45) is 0 Å². The van der Waals surface area contributed by atoms with E-state index in [2.05, 4.69) is 0 Å². The van der Waals surface area contributed by atoms with Crippen molar-refractivity contribution in [3.8, 4) is 0 Å². The van der Waals surface area contributed by atoms with E-state index in [1.54, 1.807) is 13.0 Å². The van der Waals surface area contributed by atoms with E-state index >= 15 is 0 Å². The molecule has 4 rings (SSSR count). The predicted molar refractivity (Wildman–Crippen MR) is 93.7 cm³/mol. The van der Waals surface area contributed by atoms with Crippen molar-refractivity contribution in [2.45, 2.75) is 26.1 Å². The van der Waals surface area contributed by atoms with Crippen LogP contribution in [0, 0.1) is 5.82 Å². The maximum Gasteiger partial charge on any atom is 0.183 e. The van der Waals surface area contributed by atoms with Crippen LogP contribution in [0.4, 0.5) is 4.39 Å². The largest absolute Gasteiger partial charge is 0.348 e. The molecule has 3 nitrogen and oxygen atoms in total. The van der Waals surface area contributed by atoms with Gasteiger partial charge in [-0.1, -0.05) is 30.3 Å². The summed E-state index contributed by atoms with van der Waals surface area (Å²) in [7, 11) is 0. The van der Waals surface area contributed by atoms with Gasteiger partial charge in [-0.2, -0.15) is 0 Å². The topological polar surface area (TPSA) is 35.5 Å². The second-order valence-corrected chi connectivity index (χ2v) is 6.48. The van der Waals surface area contributed by atoms with Gasteiger partial charge in [-0.3, -0.25) is 4.79 Å². The first-order valence-corrected chi connectivity index (χ1v) is 8.49. The molecule has 0 unspecified atom stereocenters. The highest BCUT2D eigenvalue weighted by atomic mass is 19.1. The van der Waals surface area contributed by atoms with Gasteiger partial charge in [-0.15, -0.1) is 0 Å². The number of benzene rings is 2. The van der Waals surface area contributed by atoms with Gasteiger partial charge in [0.1, 0.15) is 5.82 Å². The van der Waals surface area contributed by atoms with E-state index in [1.165, 1.54) is 6.07 Å². The molecule has 1 aliphatic carbocycles. The number of allylic oxidation sites excluding steroid dienone is 1. The molecule has 2 aromatic rings. The predicted octanol–water partition coefficient (Wildman–Crippen LogP) is 4.56. The fraction of sp³-hybridized carbons (Fsp3) is 0.286. The van der Waals surface area contributed by atoms with Gasteiger partial charge in [0, 0.05) is 16.7 Å². The number of Topliss-reactive ketones (excluding diaryl/α,β-unsaturated/α-hetero) is 1. The molecule has 0 N–H and O–H groups in total. The van der Waals surface area contributed by atoms with Crippen LogP contribution >= 0.6 is 0 Å². The Bertz CT molecular complexity index is 863. The van der Waals surface area contributed by atoms with Crippen molar-refractivity contribution < 1.29 is 18.7 Å². The van der Waals surface area contributed by atoms with E-state index in [0.29, 0.717) is 36.3 Å². The molecule has 2 aromatic carbocycles. The number of carbonyl (C=O) groups is 1. The molecule has 0 saturated carbocycles. The molecule has 1 fully saturated rings. The van der Waals surface area contributed by atoms with Crippen molar-refractivity contribution in [3.63, 3.8) is 0 Å². The highest BCUT2D eigenvalue weighted by Crippen LogP contribution is 2.34. The molecule has 0 aromatic heterocycles. The highest BCUT2D eigenvalue weighted by Gasteiger charge is 2.21. The lowest BCUT2D eigenvalue weighted by Crippen LogP contribution is -2.17. The number of fused-ring (bicyclic) bond motifs is 1. The lowest BCUT2D eigenvalue weighted by atomic mass is 10.0. The molecule has 4 heteroatoms. The second-order valence-electron chi connectivity index (χ2n) is 6.48. The van der Waals surface area contributed by atoms with Crippen LogP contribution in [0.3, 0.4) is 0 Å². The summed E-state index contributed by atoms with van der Waals surface area (Å²) in [6, 6.07) is 10.8. The number of ether oxygens (including phenoxy) is 2. The standard InChI is InChI=1S/C21H19FO3/c1-13(23)14-3-4-15-10-18(11-17(15)9-14)19-6-5-16(12-20(19)22)21-24-7-2-8-25-21/h3-6,9,11-12,21H,2,7-8,10H2,1H3. The third-order valence-electron chi connectivity index (χ3n) is 4.70. The minimum absolute atomic E-state index is 0.0349. The van der Waals surface area contributed by atoms with Crippen LogP contribution in [-0.4, -0.2) is 19.0 Å². The fourth-order valence-corrected chi connectivity index (χ4v) is 3.34. The molecule has 0 spiro atoms. The number of hydrogen-bond acceptors (Lipinski definition) is 3. The monoisotopic (exact) mass is 338 g/mol. The molecule has 25 heavy (non-hydrogen) atoms. The summed E-state index contributed by atoms with van der Waals surface area (Å²) in [6.07, 6.45) is 3.02. The van der Waals surface area contributed by atoms with Gasteiger partial charge in [-0.25, -0.2) is 4.39 Å². The van der Waals surface area contributed by atoms with Crippen LogP contribution in [-0.2, 0) is 15.9 Å². The smallest absolute Gasteiger partial charge is 0.183 e. The van der Waals surface area contributed by atoms with Gasteiger partial charge >= 0.3 is 0 Å². The van der Waals surface area contributed by atoms with Gasteiger partial charge in [-0.05, 0) is 48.6 Å². The molecule has 1 aliphatic heterocycles. The average molecular weight is 338 g/mol. The average Bonchev–Trinajstić information content (AvgIpc) is 3.05. The maximum atomic E-state index is 14.7. The first-order valence-electron chi connectivity index (χ1n) is 8.49. The third kappa shape index (κ3) is 3.15. The van der Waals surface area contributed by atoms with Crippen molar-refractivity contribution >= 4 is 17.4 Å². The Morgan fingerprint density at radius 3 is 2.64 bits per heavy atom. The molecular formula is C21H19FO3. The number of halogens is 1. The summed E-state index contributed by atoms with van der Waals surface area (Å²) < 4.78 is 25.8. The summed E-state index contributed by atoms with van der Waals surface area (Å²) in [4.78, 5) is 11.5. The Hall–Kier alpha value is -2.30. The number of carbonyl (C=O) groups excluding carboxylic acids is 1. The SMILES string of the molecule is CC(=O)c1ccc2c(c1)C=C(c1ccc(C3OCCCO3)cc1F)C2. The van der Waals surface area contributed by atoms with Crippen LogP contribution in [0.15, 0.2) is 36.4 Å². The van der Waals surface area contributed by atoms with Crippen molar-refractivity contribution in [1.29, 1.82) is 0 Å². The molecule has 0 bridgehead atoms. The Morgan fingerprint density at radius 1 is 1.12 bits per heavy atom. The minimum atomic E-state index is -0.481. The van der Waals surface area contributed by atoms with Crippen LogP contribution in [0.1, 0.15) is 52.2 Å². The second kappa shape index (κ2) is 6.54. The van der Waals surface area contributed by atoms with E-state index in [1.807, 2.05) is 30.3 Å². The van der Waals surface area contributed by atoms with Gasteiger partial charge in [0.2, 0.25) is 0 Å². The number of ketones is 1. The molecule has 0 amide bonds. The third-order valence-corrected chi connectivity index (χ3v) is 4.70. The quantitative estimate of drug-likeness (QED) is 0.770. The van der Waals surface area contributed by atoms with Gasteiger partial charge < -0.3 is 9.47 Å². The summed E-state index contributed by atoms with van der Waals surface area (Å²) in [5.74, 6) is -0.242. The molecule has 1 heterocycles. The summed E-state index contributed by atoms with van der Waals surface area (Å²) >= 11 is 0. The Labute approximate surface area is 146 Å². The summed E-state index contributed by atoms with van der Waals surface area (Å²) in [6.45, 7) is 2.81. The Balaban J connectivity index is 1.61. The fourth-order valence-electron chi connectivity index (χ4n) is 3.34. The first kappa shape index (κ1) is 16.2. The van der Waals surface area contributed by atoms with Crippen LogP contribution in [0.25, 0.3) is 11.6 Å². The summed E-state index contributed by atoms with van der Waals surface area (Å²) in [5.41, 5.74) is 4.99. The van der Waals surface area contributed by atoms with Gasteiger partial charge in [0.25, 0.3) is 0 Å². The van der Waals surface area contributed by atoms with Crippen molar-refractivity contribution in [2.75, 3.05) is 13.2 Å². The number of rotatable bonds is 3. The van der Waals surface area contributed by atoms with E-state index in [0.717, 1.165) is 23.1 Å². The zero-order chi connectivity index (χ0) is 17.4.